The summed E-state index contributed by atoms with van der Waals surface area (Å²) in [5.74, 6) is -1.47. The molecule has 0 aliphatic carbocycles. The highest BCUT2D eigenvalue weighted by atomic mass is 79.9. The number of carboxylic acid groups (broad SMARTS) is 1. The van der Waals surface area contributed by atoms with Gasteiger partial charge in [-0.15, -0.1) is 0 Å². The van der Waals surface area contributed by atoms with E-state index in [1.807, 2.05) is 24.3 Å². The Morgan fingerprint density at radius 2 is 1.60 bits per heavy atom. The summed E-state index contributed by atoms with van der Waals surface area (Å²) in [6.45, 7) is 0.0693. The van der Waals surface area contributed by atoms with E-state index >= 15 is 0 Å². The number of hydrogen-bond donors (Lipinski definition) is 3. The number of nitrogens with one attached hydrogen (secondary N) is 2. The van der Waals surface area contributed by atoms with Crippen LogP contribution < -0.4 is 10.6 Å². The lowest BCUT2D eigenvalue weighted by Gasteiger charge is -2.07. The maximum absolute atomic E-state index is 12.0. The van der Waals surface area contributed by atoms with Gasteiger partial charge in [-0.1, -0.05) is 28.1 Å². The third-order valence-electron chi connectivity index (χ3n) is 3.33. The van der Waals surface area contributed by atoms with E-state index in [0.717, 1.165) is 10.0 Å². The number of carbonyl (C=O) groups excluding carboxylic acids is 2. The summed E-state index contributed by atoms with van der Waals surface area (Å²) >= 11 is 3.34. The molecule has 2 aromatic rings. The molecule has 2 aromatic carbocycles. The second kappa shape index (κ2) is 8.98. The van der Waals surface area contributed by atoms with Crippen LogP contribution >= 0.6 is 15.9 Å². The van der Waals surface area contributed by atoms with Gasteiger partial charge >= 0.3 is 5.97 Å². The van der Waals surface area contributed by atoms with Crippen molar-refractivity contribution < 1.29 is 19.5 Å². The molecular formula is C18H17BrN2O4. The minimum Gasteiger partial charge on any atom is -0.481 e. The van der Waals surface area contributed by atoms with Crippen LogP contribution in [0.15, 0.2) is 53.0 Å². The highest BCUT2D eigenvalue weighted by Gasteiger charge is 2.08. The quantitative estimate of drug-likeness (QED) is 0.660. The molecule has 7 heteroatoms. The van der Waals surface area contributed by atoms with Crippen molar-refractivity contribution in [1.82, 2.24) is 5.32 Å². The summed E-state index contributed by atoms with van der Waals surface area (Å²) in [5.41, 5.74) is 1.88. The Bertz CT molecular complexity index is 758. The largest absolute Gasteiger partial charge is 0.481 e. The van der Waals surface area contributed by atoms with Crippen LogP contribution in [0.25, 0.3) is 0 Å². The van der Waals surface area contributed by atoms with Crippen molar-refractivity contribution in [2.24, 2.45) is 0 Å². The summed E-state index contributed by atoms with van der Waals surface area (Å²) in [5, 5.41) is 13.8. The van der Waals surface area contributed by atoms with Crippen LogP contribution in [0.4, 0.5) is 5.69 Å². The predicted molar refractivity (Wildman–Crippen MR) is 97.5 cm³/mol. The van der Waals surface area contributed by atoms with Gasteiger partial charge in [0.15, 0.2) is 0 Å². The smallest absolute Gasteiger partial charge is 0.305 e. The molecule has 0 aliphatic heterocycles. The lowest BCUT2D eigenvalue weighted by Crippen LogP contribution is -2.25. The van der Waals surface area contributed by atoms with E-state index in [1.54, 1.807) is 24.3 Å². The number of amides is 2. The molecule has 0 fully saturated rings. The topological polar surface area (TPSA) is 95.5 Å². The van der Waals surface area contributed by atoms with Crippen molar-refractivity contribution in [1.29, 1.82) is 0 Å². The van der Waals surface area contributed by atoms with Gasteiger partial charge < -0.3 is 15.7 Å². The molecule has 0 saturated carbocycles. The van der Waals surface area contributed by atoms with Crippen LogP contribution in [0.1, 0.15) is 22.3 Å². The fourth-order valence-electron chi connectivity index (χ4n) is 2.08. The van der Waals surface area contributed by atoms with Gasteiger partial charge in [0.1, 0.15) is 0 Å². The van der Waals surface area contributed by atoms with Gasteiger partial charge in [0.2, 0.25) is 5.91 Å². The van der Waals surface area contributed by atoms with E-state index in [1.165, 1.54) is 0 Å². The number of hydrogen-bond acceptors (Lipinski definition) is 3. The number of rotatable bonds is 7. The molecule has 0 heterocycles. The fraction of sp³-hybridized carbons (Fsp3) is 0.167. The Kier molecular flexibility index (Phi) is 6.71. The van der Waals surface area contributed by atoms with E-state index in [-0.39, 0.29) is 31.2 Å². The van der Waals surface area contributed by atoms with Gasteiger partial charge in [-0.25, -0.2) is 0 Å². The molecule has 0 unspecified atom stereocenters. The van der Waals surface area contributed by atoms with Crippen molar-refractivity contribution in [3.05, 3.63) is 64.1 Å². The molecule has 0 atom stereocenters. The first-order valence-electron chi connectivity index (χ1n) is 7.58. The van der Waals surface area contributed by atoms with Crippen LogP contribution in [0.5, 0.6) is 0 Å². The summed E-state index contributed by atoms with van der Waals surface area (Å²) < 4.78 is 0.953. The van der Waals surface area contributed by atoms with Gasteiger partial charge in [0.05, 0.1) is 12.8 Å². The van der Waals surface area contributed by atoms with E-state index in [4.69, 9.17) is 5.11 Å². The molecule has 2 rings (SSSR count). The standard InChI is InChI=1S/C18H17BrN2O4/c19-14-5-1-12(2-6-14)11-16(22)21-15-7-3-13(4-8-15)18(25)20-10-9-17(23)24/h1-8H,9-11H2,(H,20,25)(H,21,22)(H,23,24). The first-order chi connectivity index (χ1) is 11.9. The molecule has 0 spiro atoms. The van der Waals surface area contributed by atoms with Crippen LogP contribution in [-0.4, -0.2) is 29.4 Å². The summed E-state index contributed by atoms with van der Waals surface area (Å²) in [7, 11) is 0. The Morgan fingerprint density at radius 3 is 2.20 bits per heavy atom. The number of carboxylic acids is 1. The first-order valence-corrected chi connectivity index (χ1v) is 8.37. The van der Waals surface area contributed by atoms with Gasteiger partial charge in [0.25, 0.3) is 5.91 Å². The molecule has 130 valence electrons. The van der Waals surface area contributed by atoms with Gasteiger partial charge in [0, 0.05) is 22.3 Å². The second-order valence-electron chi connectivity index (χ2n) is 5.33. The van der Waals surface area contributed by atoms with Crippen molar-refractivity contribution in [2.45, 2.75) is 12.8 Å². The minimum atomic E-state index is -0.968. The molecule has 0 radical (unpaired) electrons. The van der Waals surface area contributed by atoms with E-state index in [2.05, 4.69) is 26.6 Å². The number of benzene rings is 2. The molecule has 6 nitrogen and oxygen atoms in total. The average Bonchev–Trinajstić information content (AvgIpc) is 2.57. The van der Waals surface area contributed by atoms with Gasteiger partial charge in [-0.3, -0.25) is 14.4 Å². The van der Waals surface area contributed by atoms with Gasteiger partial charge in [-0.2, -0.15) is 0 Å². The molecular weight excluding hydrogens is 388 g/mol. The Morgan fingerprint density at radius 1 is 0.960 bits per heavy atom. The Labute approximate surface area is 153 Å². The Hall–Kier alpha value is -2.67. The zero-order valence-corrected chi connectivity index (χ0v) is 14.9. The van der Waals surface area contributed by atoms with Crippen molar-refractivity contribution in [2.75, 3.05) is 11.9 Å². The number of halogens is 1. The molecule has 3 N–H and O–H groups in total. The van der Waals surface area contributed by atoms with Gasteiger partial charge in [-0.05, 0) is 42.0 Å². The monoisotopic (exact) mass is 404 g/mol. The Balaban J connectivity index is 1.86. The maximum atomic E-state index is 12.0. The maximum Gasteiger partial charge on any atom is 0.305 e. The normalized spacial score (nSPS) is 10.1. The molecule has 0 aromatic heterocycles. The lowest BCUT2D eigenvalue weighted by atomic mass is 10.1. The van der Waals surface area contributed by atoms with Crippen LogP contribution in [-0.2, 0) is 16.0 Å². The highest BCUT2D eigenvalue weighted by Crippen LogP contribution is 2.13. The van der Waals surface area contributed by atoms with Crippen LogP contribution in [0.3, 0.4) is 0 Å². The van der Waals surface area contributed by atoms with E-state index < -0.39 is 5.97 Å². The molecule has 0 saturated heterocycles. The molecule has 0 aliphatic rings. The highest BCUT2D eigenvalue weighted by molar-refractivity contribution is 9.10. The molecule has 0 bridgehead atoms. The predicted octanol–water partition coefficient (Wildman–Crippen LogP) is 2.83. The van der Waals surface area contributed by atoms with Crippen molar-refractivity contribution >= 4 is 39.4 Å². The number of aliphatic carboxylic acids is 1. The third-order valence-corrected chi connectivity index (χ3v) is 3.86. The van der Waals surface area contributed by atoms with Crippen LogP contribution in [0, 0.1) is 0 Å². The minimum absolute atomic E-state index is 0.0693. The zero-order chi connectivity index (χ0) is 18.2. The molecule has 25 heavy (non-hydrogen) atoms. The average molecular weight is 405 g/mol. The zero-order valence-electron chi connectivity index (χ0n) is 13.3. The van der Waals surface area contributed by atoms with Crippen molar-refractivity contribution in [3.63, 3.8) is 0 Å². The number of anilines is 1. The third kappa shape index (κ3) is 6.39. The summed E-state index contributed by atoms with van der Waals surface area (Å²) in [6.07, 6.45) is 0.126. The SMILES string of the molecule is O=C(O)CCNC(=O)c1ccc(NC(=O)Cc2ccc(Br)cc2)cc1. The second-order valence-corrected chi connectivity index (χ2v) is 6.24. The molecule has 2 amide bonds. The van der Waals surface area contributed by atoms with Crippen LogP contribution in [0.2, 0.25) is 0 Å². The van der Waals surface area contributed by atoms with Crippen molar-refractivity contribution in [3.8, 4) is 0 Å². The number of carbonyl (C=O) groups is 3. The summed E-state index contributed by atoms with van der Waals surface area (Å²) in [6, 6.07) is 13.9. The summed E-state index contributed by atoms with van der Waals surface area (Å²) in [4.78, 5) is 34.3. The first kappa shape index (κ1) is 18.7. The van der Waals surface area contributed by atoms with E-state index in [0.29, 0.717) is 11.3 Å². The lowest BCUT2D eigenvalue weighted by molar-refractivity contribution is -0.136. The van der Waals surface area contributed by atoms with E-state index in [9.17, 15) is 14.4 Å². The fourth-order valence-corrected chi connectivity index (χ4v) is 2.35.